The highest BCUT2D eigenvalue weighted by atomic mass is 35.5. The molecule has 0 saturated carbocycles. The van der Waals surface area contributed by atoms with Crippen molar-refractivity contribution in [3.05, 3.63) is 48.3 Å². The van der Waals surface area contributed by atoms with E-state index in [1.54, 1.807) is 18.2 Å². The molecule has 1 aromatic carbocycles. The largest absolute Gasteiger partial charge is 0.350 e. The van der Waals surface area contributed by atoms with Crippen LogP contribution in [0.25, 0.3) is 22.2 Å². The van der Waals surface area contributed by atoms with Crippen LogP contribution in [-0.2, 0) is 10.0 Å². The minimum atomic E-state index is -3.29. The number of hydrogen-bond acceptors (Lipinski definition) is 6. The van der Waals surface area contributed by atoms with E-state index in [0.717, 1.165) is 12.6 Å². The predicted octanol–water partition coefficient (Wildman–Crippen LogP) is 3.23. The monoisotopic (exact) mass is 455 g/mol. The fourth-order valence-electron chi connectivity index (χ4n) is 3.47. The maximum Gasteiger partial charge on any atom is 0.223 e. The average Bonchev–Trinajstić information content (AvgIpc) is 2.69. The Balaban J connectivity index is 0.00000256. The van der Waals surface area contributed by atoms with Crippen molar-refractivity contribution < 1.29 is 17.2 Å². The van der Waals surface area contributed by atoms with Gasteiger partial charge in [0.25, 0.3) is 0 Å². The summed E-state index contributed by atoms with van der Waals surface area (Å²) in [6.45, 7) is 0.752. The Morgan fingerprint density at radius 2 is 2.00 bits per heavy atom. The number of anilines is 1. The number of fused-ring (bicyclic) bond motifs is 1. The molecule has 0 aliphatic carbocycles. The Hall–Kier alpha value is -2.43. The van der Waals surface area contributed by atoms with Crippen LogP contribution in [-0.4, -0.2) is 53.1 Å². The van der Waals surface area contributed by atoms with Crippen molar-refractivity contribution in [2.75, 3.05) is 24.7 Å². The van der Waals surface area contributed by atoms with E-state index in [4.69, 9.17) is 0 Å². The zero-order valence-electron chi connectivity index (χ0n) is 16.0. The van der Waals surface area contributed by atoms with Crippen LogP contribution < -0.4 is 5.32 Å². The Labute approximate surface area is 179 Å². The quantitative estimate of drug-likeness (QED) is 0.649. The average molecular weight is 456 g/mol. The highest BCUT2D eigenvalue weighted by molar-refractivity contribution is 7.88. The molecule has 1 atom stereocenters. The number of nitrogens with one attached hydrogen (secondary N) is 1. The number of pyridine rings is 1. The van der Waals surface area contributed by atoms with Crippen molar-refractivity contribution in [1.82, 2.24) is 19.3 Å². The maximum atomic E-state index is 14.4. The SMILES string of the molecule is CS(=O)(=O)N1CCCC(Nc2ncc(F)c(-c3cc(F)c4ncccc4c3)n2)C1.Cl. The summed E-state index contributed by atoms with van der Waals surface area (Å²) in [6.07, 6.45) is 5.11. The van der Waals surface area contributed by atoms with E-state index < -0.39 is 21.7 Å². The van der Waals surface area contributed by atoms with Gasteiger partial charge in [-0.05, 0) is 31.0 Å². The molecule has 1 N–H and O–H groups in total. The molecule has 7 nitrogen and oxygen atoms in total. The van der Waals surface area contributed by atoms with Crippen LogP contribution in [0.4, 0.5) is 14.7 Å². The summed E-state index contributed by atoms with van der Waals surface area (Å²) in [6, 6.07) is 5.97. The van der Waals surface area contributed by atoms with E-state index in [0.29, 0.717) is 18.4 Å². The molecule has 0 amide bonds. The summed E-state index contributed by atoms with van der Waals surface area (Å²) in [5.74, 6) is -1.09. The second-order valence-corrected chi connectivity index (χ2v) is 9.01. The maximum absolute atomic E-state index is 14.4. The Bertz CT molecular complexity index is 1180. The van der Waals surface area contributed by atoms with Crippen LogP contribution in [0.2, 0.25) is 0 Å². The fourth-order valence-corrected chi connectivity index (χ4v) is 4.38. The number of rotatable bonds is 4. The number of halogens is 3. The highest BCUT2D eigenvalue weighted by Gasteiger charge is 2.26. The number of hydrogen-bond donors (Lipinski definition) is 1. The van der Waals surface area contributed by atoms with E-state index in [1.807, 2.05) is 0 Å². The first kappa shape index (κ1) is 22.3. The van der Waals surface area contributed by atoms with Crippen molar-refractivity contribution in [3.63, 3.8) is 0 Å². The molecular formula is C19H20ClF2N5O2S. The molecule has 30 heavy (non-hydrogen) atoms. The minimum Gasteiger partial charge on any atom is -0.350 e. The molecule has 11 heteroatoms. The summed E-state index contributed by atoms with van der Waals surface area (Å²) >= 11 is 0. The van der Waals surface area contributed by atoms with Gasteiger partial charge in [-0.25, -0.2) is 31.5 Å². The number of nitrogens with zero attached hydrogens (tertiary/aromatic N) is 4. The third-order valence-corrected chi connectivity index (χ3v) is 6.13. The first-order chi connectivity index (χ1) is 13.8. The molecule has 1 unspecified atom stereocenters. The smallest absolute Gasteiger partial charge is 0.223 e. The van der Waals surface area contributed by atoms with Gasteiger partial charge in [-0.3, -0.25) is 4.98 Å². The zero-order valence-corrected chi connectivity index (χ0v) is 17.7. The molecule has 1 aliphatic rings. The van der Waals surface area contributed by atoms with Crippen molar-refractivity contribution in [2.24, 2.45) is 0 Å². The Morgan fingerprint density at radius 1 is 1.20 bits per heavy atom. The summed E-state index contributed by atoms with van der Waals surface area (Å²) < 4.78 is 53.8. The summed E-state index contributed by atoms with van der Waals surface area (Å²) in [4.78, 5) is 12.2. The van der Waals surface area contributed by atoms with E-state index in [1.165, 1.54) is 22.8 Å². The van der Waals surface area contributed by atoms with E-state index in [-0.39, 0.29) is 47.7 Å². The lowest BCUT2D eigenvalue weighted by molar-refractivity contribution is 0.328. The van der Waals surface area contributed by atoms with Crippen LogP contribution in [0.15, 0.2) is 36.7 Å². The van der Waals surface area contributed by atoms with Gasteiger partial charge in [0.15, 0.2) is 5.82 Å². The normalized spacial score (nSPS) is 17.5. The van der Waals surface area contributed by atoms with Gasteiger partial charge < -0.3 is 5.32 Å². The van der Waals surface area contributed by atoms with Gasteiger partial charge in [-0.2, -0.15) is 0 Å². The van der Waals surface area contributed by atoms with Crippen molar-refractivity contribution in [1.29, 1.82) is 0 Å². The molecule has 0 spiro atoms. The van der Waals surface area contributed by atoms with Crippen LogP contribution >= 0.6 is 12.4 Å². The third-order valence-electron chi connectivity index (χ3n) is 4.86. The van der Waals surface area contributed by atoms with Gasteiger partial charge in [0.1, 0.15) is 17.0 Å². The Morgan fingerprint density at radius 3 is 2.77 bits per heavy atom. The minimum absolute atomic E-state index is 0. The van der Waals surface area contributed by atoms with Crippen molar-refractivity contribution >= 4 is 39.3 Å². The van der Waals surface area contributed by atoms with Gasteiger partial charge >= 0.3 is 0 Å². The van der Waals surface area contributed by atoms with Crippen LogP contribution in [0.1, 0.15) is 12.8 Å². The number of benzene rings is 1. The zero-order chi connectivity index (χ0) is 20.6. The number of sulfonamides is 1. The molecule has 2 aromatic heterocycles. The fraction of sp³-hybridized carbons (Fsp3) is 0.316. The number of piperidine rings is 1. The van der Waals surface area contributed by atoms with Crippen LogP contribution in [0.5, 0.6) is 0 Å². The summed E-state index contributed by atoms with van der Waals surface area (Å²) in [5.41, 5.74) is 0.433. The van der Waals surface area contributed by atoms with Gasteiger partial charge in [0, 0.05) is 36.3 Å². The van der Waals surface area contributed by atoms with E-state index >= 15 is 0 Å². The standard InChI is InChI=1S/C19H19F2N5O2S.ClH/c1-29(27,28)26-7-3-5-14(11-26)24-19-23-10-16(21)18(25-19)13-8-12-4-2-6-22-17(12)15(20)9-13;/h2,4,6,8-10,14H,3,5,7,11H2,1H3,(H,23,24,25);1H. The molecule has 0 bridgehead atoms. The van der Waals surface area contributed by atoms with Crippen LogP contribution in [0, 0.1) is 11.6 Å². The highest BCUT2D eigenvalue weighted by Crippen LogP contribution is 2.27. The van der Waals surface area contributed by atoms with Crippen molar-refractivity contribution in [3.8, 4) is 11.3 Å². The molecule has 1 aliphatic heterocycles. The lowest BCUT2D eigenvalue weighted by Gasteiger charge is -2.31. The Kier molecular flexibility index (Phi) is 6.49. The van der Waals surface area contributed by atoms with Crippen molar-refractivity contribution in [2.45, 2.75) is 18.9 Å². The van der Waals surface area contributed by atoms with Crippen LogP contribution in [0.3, 0.4) is 0 Å². The molecule has 3 heterocycles. The molecule has 1 fully saturated rings. The second-order valence-electron chi connectivity index (χ2n) is 7.03. The van der Waals surface area contributed by atoms with Gasteiger partial charge in [-0.15, -0.1) is 12.4 Å². The predicted molar refractivity (Wildman–Crippen MR) is 113 cm³/mol. The molecular weight excluding hydrogens is 436 g/mol. The molecule has 160 valence electrons. The lowest BCUT2D eigenvalue weighted by Crippen LogP contribution is -2.44. The van der Waals surface area contributed by atoms with Gasteiger partial charge in [-0.1, -0.05) is 6.07 Å². The third kappa shape index (κ3) is 4.66. The topological polar surface area (TPSA) is 88.1 Å². The van der Waals surface area contributed by atoms with E-state index in [2.05, 4.69) is 20.3 Å². The molecule has 3 aromatic rings. The first-order valence-corrected chi connectivity index (χ1v) is 10.9. The molecule has 1 saturated heterocycles. The summed E-state index contributed by atoms with van der Waals surface area (Å²) in [7, 11) is -3.29. The lowest BCUT2D eigenvalue weighted by atomic mass is 10.1. The van der Waals surface area contributed by atoms with E-state index in [9.17, 15) is 17.2 Å². The summed E-state index contributed by atoms with van der Waals surface area (Å²) in [5, 5.41) is 3.60. The first-order valence-electron chi connectivity index (χ1n) is 9.10. The van der Waals surface area contributed by atoms with Gasteiger partial charge in [0.05, 0.1) is 12.5 Å². The number of aromatic nitrogens is 3. The molecule has 4 rings (SSSR count). The second kappa shape index (κ2) is 8.75. The molecule has 0 radical (unpaired) electrons. The van der Waals surface area contributed by atoms with Gasteiger partial charge in [0.2, 0.25) is 16.0 Å².